The van der Waals surface area contributed by atoms with Crippen molar-refractivity contribution in [2.24, 2.45) is 28.3 Å². The number of nitrogens with zero attached hydrogens (tertiary/aromatic N) is 1. The summed E-state index contributed by atoms with van der Waals surface area (Å²) >= 11 is 0. The van der Waals surface area contributed by atoms with E-state index in [1.165, 1.54) is 7.11 Å². The lowest BCUT2D eigenvalue weighted by molar-refractivity contribution is -0.148. The van der Waals surface area contributed by atoms with Gasteiger partial charge in [-0.1, -0.05) is 0 Å². The summed E-state index contributed by atoms with van der Waals surface area (Å²) in [6.07, 6.45) is 1.69. The van der Waals surface area contributed by atoms with E-state index in [1.54, 1.807) is 0 Å². The van der Waals surface area contributed by atoms with Gasteiger partial charge < -0.3 is 20.9 Å². The number of methoxy groups -OCH3 is 1. The highest BCUT2D eigenvalue weighted by molar-refractivity contribution is 5.77. The minimum atomic E-state index is -0.268. The second kappa shape index (κ2) is 6.32. The van der Waals surface area contributed by atoms with Crippen molar-refractivity contribution < 1.29 is 14.3 Å². The third kappa shape index (κ3) is 3.69. The van der Waals surface area contributed by atoms with Gasteiger partial charge in [0.2, 0.25) is 0 Å². The summed E-state index contributed by atoms with van der Waals surface area (Å²) in [7, 11) is 1.38. The van der Waals surface area contributed by atoms with Crippen LogP contribution in [-0.4, -0.2) is 38.8 Å². The number of hydrogen-bond acceptors (Lipinski definition) is 4. The third-order valence-corrected chi connectivity index (χ3v) is 2.81. The first-order valence-corrected chi connectivity index (χ1v) is 5.36. The highest BCUT2D eigenvalue weighted by Crippen LogP contribution is 2.25. The van der Waals surface area contributed by atoms with Gasteiger partial charge in [0.1, 0.15) is 0 Å². The zero-order valence-electron chi connectivity index (χ0n) is 9.52. The molecule has 6 heteroatoms. The van der Waals surface area contributed by atoms with E-state index in [-0.39, 0.29) is 23.8 Å². The molecule has 1 fully saturated rings. The molecule has 0 bridgehead atoms. The molecule has 1 atom stereocenters. The molecule has 0 aromatic heterocycles. The predicted octanol–water partition coefficient (Wildman–Crippen LogP) is -0.524. The predicted molar refractivity (Wildman–Crippen MR) is 59.7 cm³/mol. The number of hydrogen-bond donors (Lipinski definition) is 2. The molecule has 4 N–H and O–H groups in total. The molecule has 16 heavy (non-hydrogen) atoms. The van der Waals surface area contributed by atoms with Crippen molar-refractivity contribution in [2.45, 2.75) is 12.8 Å². The normalized spacial score (nSPS) is 18.8. The molecular formula is C10H19N3O3. The van der Waals surface area contributed by atoms with Gasteiger partial charge in [0.05, 0.1) is 19.6 Å². The number of rotatable bonds is 4. The molecule has 1 aliphatic rings. The first-order chi connectivity index (χ1) is 7.65. The van der Waals surface area contributed by atoms with E-state index in [4.69, 9.17) is 20.9 Å². The largest absolute Gasteiger partial charge is 0.469 e. The van der Waals surface area contributed by atoms with Crippen molar-refractivity contribution in [3.63, 3.8) is 0 Å². The molecule has 0 spiro atoms. The average Bonchev–Trinajstić information content (AvgIpc) is 2.30. The standard InChI is InChI=1S/C10H19N3O3/c1-15-9(14)8(6-13-10(11)12)7-2-4-16-5-3-7/h7-8H,2-6H2,1H3,(H4,11,12,13). The molecule has 1 aliphatic heterocycles. The average molecular weight is 229 g/mol. The first-order valence-electron chi connectivity index (χ1n) is 5.36. The van der Waals surface area contributed by atoms with Crippen molar-refractivity contribution in [3.05, 3.63) is 0 Å². The Bertz CT molecular complexity index is 258. The summed E-state index contributed by atoms with van der Waals surface area (Å²) in [5.41, 5.74) is 10.5. The fourth-order valence-corrected chi connectivity index (χ4v) is 1.89. The molecule has 1 rings (SSSR count). The smallest absolute Gasteiger partial charge is 0.310 e. The van der Waals surface area contributed by atoms with Gasteiger partial charge >= 0.3 is 5.97 Å². The van der Waals surface area contributed by atoms with Crippen LogP contribution in [0, 0.1) is 11.8 Å². The minimum Gasteiger partial charge on any atom is -0.469 e. The fraction of sp³-hybridized carbons (Fsp3) is 0.800. The molecule has 1 unspecified atom stereocenters. The maximum atomic E-state index is 11.6. The molecule has 0 radical (unpaired) electrons. The number of carbonyl (C=O) groups excluding carboxylic acids is 1. The number of nitrogens with two attached hydrogens (primary N) is 2. The second-order valence-electron chi connectivity index (χ2n) is 3.85. The monoisotopic (exact) mass is 229 g/mol. The maximum Gasteiger partial charge on any atom is 0.310 e. The van der Waals surface area contributed by atoms with Crippen LogP contribution in [0.3, 0.4) is 0 Å². The van der Waals surface area contributed by atoms with Gasteiger partial charge in [-0.25, -0.2) is 0 Å². The summed E-state index contributed by atoms with van der Waals surface area (Å²) < 4.78 is 10.0. The lowest BCUT2D eigenvalue weighted by atomic mass is 9.86. The lowest BCUT2D eigenvalue weighted by Crippen LogP contribution is -2.33. The van der Waals surface area contributed by atoms with Crippen molar-refractivity contribution in [1.82, 2.24) is 0 Å². The van der Waals surface area contributed by atoms with Gasteiger partial charge in [-0.05, 0) is 18.8 Å². The lowest BCUT2D eigenvalue weighted by Gasteiger charge is -2.27. The Morgan fingerprint density at radius 2 is 2.12 bits per heavy atom. The van der Waals surface area contributed by atoms with E-state index in [2.05, 4.69) is 4.99 Å². The Morgan fingerprint density at radius 3 is 2.62 bits per heavy atom. The highest BCUT2D eigenvalue weighted by Gasteiger charge is 2.30. The molecule has 0 saturated carbocycles. The maximum absolute atomic E-state index is 11.6. The van der Waals surface area contributed by atoms with E-state index in [1.807, 2.05) is 0 Å². The number of esters is 1. The van der Waals surface area contributed by atoms with Crippen molar-refractivity contribution >= 4 is 11.9 Å². The molecule has 0 aromatic carbocycles. The van der Waals surface area contributed by atoms with Crippen LogP contribution < -0.4 is 11.5 Å². The summed E-state index contributed by atoms with van der Waals surface area (Å²) in [6, 6.07) is 0. The summed E-state index contributed by atoms with van der Waals surface area (Å²) in [4.78, 5) is 15.5. The van der Waals surface area contributed by atoms with Gasteiger partial charge in [0.25, 0.3) is 0 Å². The second-order valence-corrected chi connectivity index (χ2v) is 3.85. The van der Waals surface area contributed by atoms with Gasteiger partial charge in [-0.15, -0.1) is 0 Å². The van der Waals surface area contributed by atoms with Crippen LogP contribution >= 0.6 is 0 Å². The van der Waals surface area contributed by atoms with Gasteiger partial charge in [0.15, 0.2) is 5.96 Å². The Morgan fingerprint density at radius 1 is 1.50 bits per heavy atom. The molecule has 1 heterocycles. The van der Waals surface area contributed by atoms with Crippen molar-refractivity contribution in [3.8, 4) is 0 Å². The molecule has 0 aliphatic carbocycles. The minimum absolute atomic E-state index is 0.000891. The Labute approximate surface area is 95.0 Å². The van der Waals surface area contributed by atoms with Crippen LogP contribution in [0.5, 0.6) is 0 Å². The Kier molecular flexibility index (Phi) is 5.04. The summed E-state index contributed by atoms with van der Waals surface area (Å²) in [5.74, 6) is -0.279. The topological polar surface area (TPSA) is 99.9 Å². The number of aliphatic imine (C=N–C) groups is 1. The van der Waals surface area contributed by atoms with E-state index in [0.717, 1.165) is 12.8 Å². The molecule has 0 amide bonds. The zero-order chi connectivity index (χ0) is 12.0. The van der Waals surface area contributed by atoms with Crippen molar-refractivity contribution in [2.75, 3.05) is 26.9 Å². The van der Waals surface area contributed by atoms with Crippen LogP contribution in [0.1, 0.15) is 12.8 Å². The Balaban J connectivity index is 2.61. The van der Waals surface area contributed by atoms with E-state index in [0.29, 0.717) is 19.8 Å². The van der Waals surface area contributed by atoms with E-state index in [9.17, 15) is 4.79 Å². The van der Waals surface area contributed by atoms with Crippen LogP contribution in [0.15, 0.2) is 4.99 Å². The zero-order valence-corrected chi connectivity index (χ0v) is 9.52. The molecule has 0 aromatic rings. The molecule has 1 saturated heterocycles. The van der Waals surface area contributed by atoms with Crippen LogP contribution in [-0.2, 0) is 14.3 Å². The van der Waals surface area contributed by atoms with Gasteiger partial charge in [-0.2, -0.15) is 0 Å². The summed E-state index contributed by atoms with van der Waals surface area (Å²) in [6.45, 7) is 1.65. The van der Waals surface area contributed by atoms with Crippen molar-refractivity contribution in [1.29, 1.82) is 0 Å². The fourth-order valence-electron chi connectivity index (χ4n) is 1.89. The number of carbonyl (C=O) groups is 1. The van der Waals surface area contributed by atoms with E-state index < -0.39 is 0 Å². The number of ether oxygens (including phenoxy) is 2. The summed E-state index contributed by atoms with van der Waals surface area (Å²) in [5, 5.41) is 0. The van der Waals surface area contributed by atoms with Gasteiger partial charge in [0, 0.05) is 13.2 Å². The molecule has 6 nitrogen and oxygen atoms in total. The molecular weight excluding hydrogens is 210 g/mol. The number of guanidine groups is 1. The van der Waals surface area contributed by atoms with Gasteiger partial charge in [-0.3, -0.25) is 9.79 Å². The first kappa shape index (κ1) is 12.8. The van der Waals surface area contributed by atoms with Crippen LogP contribution in [0.4, 0.5) is 0 Å². The molecule has 92 valence electrons. The quantitative estimate of drug-likeness (QED) is 0.383. The van der Waals surface area contributed by atoms with Crippen LogP contribution in [0.25, 0.3) is 0 Å². The van der Waals surface area contributed by atoms with E-state index >= 15 is 0 Å². The van der Waals surface area contributed by atoms with Crippen LogP contribution in [0.2, 0.25) is 0 Å². The highest BCUT2D eigenvalue weighted by atomic mass is 16.5. The SMILES string of the molecule is COC(=O)C(CN=C(N)N)C1CCOCC1. The third-order valence-electron chi connectivity index (χ3n) is 2.81. The Hall–Kier alpha value is -1.30.